The first-order valence-corrected chi connectivity index (χ1v) is 10.5. The van der Waals surface area contributed by atoms with Crippen molar-refractivity contribution in [3.8, 4) is 0 Å². The molecule has 1 aliphatic carbocycles. The Balaban J connectivity index is 1.34. The second-order valence-corrected chi connectivity index (χ2v) is 8.13. The number of piperazine rings is 1. The lowest BCUT2D eigenvalue weighted by Gasteiger charge is -2.41. The smallest absolute Gasteiger partial charge is 0.249 e. The Morgan fingerprint density at radius 3 is 2.43 bits per heavy atom. The predicted octanol–water partition coefficient (Wildman–Crippen LogP) is 2.50. The molecule has 2 aliphatic heterocycles. The maximum atomic E-state index is 14.7. The maximum absolute atomic E-state index is 14.7. The minimum Gasteiger partial charge on any atom is -0.374 e. The van der Waals surface area contributed by atoms with Crippen molar-refractivity contribution in [3.05, 3.63) is 24.0 Å². The third-order valence-corrected chi connectivity index (χ3v) is 6.27. The summed E-state index contributed by atoms with van der Waals surface area (Å²) >= 11 is 0. The van der Waals surface area contributed by atoms with Crippen molar-refractivity contribution in [2.75, 3.05) is 36.4 Å². The minimum atomic E-state index is -0.498. The molecule has 2 saturated heterocycles. The molecule has 1 aromatic rings. The summed E-state index contributed by atoms with van der Waals surface area (Å²) in [5.41, 5.74) is 1.19. The van der Waals surface area contributed by atoms with Crippen LogP contribution in [0.3, 0.4) is 0 Å². The van der Waals surface area contributed by atoms with Crippen LogP contribution in [0.2, 0.25) is 0 Å². The first-order chi connectivity index (χ1) is 13.6. The van der Waals surface area contributed by atoms with E-state index in [2.05, 4.69) is 20.4 Å². The van der Waals surface area contributed by atoms with Crippen LogP contribution in [0.4, 0.5) is 15.8 Å². The van der Waals surface area contributed by atoms with Crippen LogP contribution in [-0.2, 0) is 9.59 Å². The molecule has 6 nitrogen and oxygen atoms in total. The van der Waals surface area contributed by atoms with Crippen LogP contribution >= 0.6 is 0 Å². The van der Waals surface area contributed by atoms with E-state index in [4.69, 9.17) is 0 Å². The highest BCUT2D eigenvalue weighted by atomic mass is 19.1. The van der Waals surface area contributed by atoms with Crippen molar-refractivity contribution in [1.29, 1.82) is 0 Å². The van der Waals surface area contributed by atoms with Crippen LogP contribution < -0.4 is 15.5 Å². The summed E-state index contributed by atoms with van der Waals surface area (Å²) in [5, 5.41) is 5.35. The standard InChI is InChI=1S/C21H29FN4O2/c22-17-14-15(23-18-7-9-20(27)24-21(18)28)6-8-19(17)26-12-10-25(11-13-26)16-4-2-1-3-5-16/h6,8,14,16,18,23H,1-5,7,9-13H2,(H,24,27,28). The van der Waals surface area contributed by atoms with Crippen LogP contribution in [-0.4, -0.2) is 55.0 Å². The summed E-state index contributed by atoms with van der Waals surface area (Å²) in [6.45, 7) is 3.65. The number of imide groups is 1. The summed E-state index contributed by atoms with van der Waals surface area (Å²) in [7, 11) is 0. The molecule has 2 amide bonds. The van der Waals surface area contributed by atoms with Crippen LogP contribution in [0, 0.1) is 5.82 Å². The molecule has 1 atom stereocenters. The molecular weight excluding hydrogens is 359 g/mol. The van der Waals surface area contributed by atoms with Gasteiger partial charge in [-0.2, -0.15) is 0 Å². The number of hydrogen-bond acceptors (Lipinski definition) is 5. The van der Waals surface area contributed by atoms with E-state index in [0.29, 0.717) is 30.3 Å². The molecule has 4 rings (SSSR count). The van der Waals surface area contributed by atoms with E-state index in [1.807, 2.05) is 6.07 Å². The highest BCUT2D eigenvalue weighted by molar-refractivity contribution is 6.01. The van der Waals surface area contributed by atoms with Gasteiger partial charge in [0.1, 0.15) is 11.9 Å². The number of benzene rings is 1. The van der Waals surface area contributed by atoms with Crippen molar-refractivity contribution in [3.63, 3.8) is 0 Å². The Bertz CT molecular complexity index is 727. The Labute approximate surface area is 165 Å². The number of carbonyl (C=O) groups is 2. The number of amides is 2. The molecule has 0 spiro atoms. The fourth-order valence-electron chi connectivity index (χ4n) is 4.66. The number of piperidine rings is 1. The maximum Gasteiger partial charge on any atom is 0.249 e. The zero-order chi connectivity index (χ0) is 19.5. The molecule has 152 valence electrons. The van der Waals surface area contributed by atoms with E-state index in [1.165, 1.54) is 38.2 Å². The number of rotatable bonds is 4. The van der Waals surface area contributed by atoms with Gasteiger partial charge in [-0.25, -0.2) is 4.39 Å². The molecule has 1 saturated carbocycles. The lowest BCUT2D eigenvalue weighted by atomic mass is 9.94. The number of anilines is 2. The number of carbonyl (C=O) groups excluding carboxylic acids is 2. The van der Waals surface area contributed by atoms with Crippen LogP contribution in [0.1, 0.15) is 44.9 Å². The van der Waals surface area contributed by atoms with Gasteiger partial charge in [-0.15, -0.1) is 0 Å². The highest BCUT2D eigenvalue weighted by Gasteiger charge is 2.28. The van der Waals surface area contributed by atoms with Crippen LogP contribution in [0.15, 0.2) is 18.2 Å². The summed E-state index contributed by atoms with van der Waals surface area (Å²) in [4.78, 5) is 27.8. The average Bonchev–Trinajstić information content (AvgIpc) is 2.71. The van der Waals surface area contributed by atoms with Crippen LogP contribution in [0.5, 0.6) is 0 Å². The summed E-state index contributed by atoms with van der Waals surface area (Å²) < 4.78 is 14.7. The van der Waals surface area contributed by atoms with Crippen molar-refractivity contribution in [2.24, 2.45) is 0 Å². The molecule has 3 aliphatic rings. The molecule has 0 aromatic heterocycles. The fourth-order valence-corrected chi connectivity index (χ4v) is 4.66. The van der Waals surface area contributed by atoms with Crippen molar-refractivity contribution >= 4 is 23.2 Å². The lowest BCUT2D eigenvalue weighted by molar-refractivity contribution is -0.133. The number of halogens is 1. The first kappa shape index (κ1) is 19.2. The van der Waals surface area contributed by atoms with Gasteiger partial charge in [0, 0.05) is 44.3 Å². The second-order valence-electron chi connectivity index (χ2n) is 8.13. The summed E-state index contributed by atoms with van der Waals surface area (Å²) in [5.74, 6) is -0.875. The normalized spacial score (nSPS) is 24.9. The van der Waals surface area contributed by atoms with Gasteiger partial charge in [-0.05, 0) is 37.5 Å². The molecule has 1 unspecified atom stereocenters. The minimum absolute atomic E-state index is 0.253. The summed E-state index contributed by atoms with van der Waals surface area (Å²) in [6, 6.07) is 5.27. The van der Waals surface area contributed by atoms with Gasteiger partial charge in [0.2, 0.25) is 11.8 Å². The molecule has 3 fully saturated rings. The zero-order valence-corrected chi connectivity index (χ0v) is 16.3. The number of nitrogens with one attached hydrogen (secondary N) is 2. The van der Waals surface area contributed by atoms with Gasteiger partial charge in [-0.1, -0.05) is 19.3 Å². The van der Waals surface area contributed by atoms with Gasteiger partial charge in [0.05, 0.1) is 5.69 Å². The molecule has 0 radical (unpaired) electrons. The topological polar surface area (TPSA) is 64.7 Å². The van der Waals surface area contributed by atoms with Gasteiger partial charge in [0.15, 0.2) is 0 Å². The van der Waals surface area contributed by atoms with E-state index < -0.39 is 6.04 Å². The largest absolute Gasteiger partial charge is 0.374 e. The van der Waals surface area contributed by atoms with Gasteiger partial charge in [0.25, 0.3) is 0 Å². The molecule has 7 heteroatoms. The molecule has 0 bridgehead atoms. The van der Waals surface area contributed by atoms with Gasteiger partial charge >= 0.3 is 0 Å². The molecular formula is C21H29FN4O2. The van der Waals surface area contributed by atoms with E-state index in [9.17, 15) is 14.0 Å². The van der Waals surface area contributed by atoms with Gasteiger partial charge in [-0.3, -0.25) is 19.8 Å². The molecule has 28 heavy (non-hydrogen) atoms. The van der Waals surface area contributed by atoms with Crippen molar-refractivity contribution < 1.29 is 14.0 Å². The zero-order valence-electron chi connectivity index (χ0n) is 16.3. The van der Waals surface area contributed by atoms with E-state index in [1.54, 1.807) is 6.07 Å². The van der Waals surface area contributed by atoms with Crippen LogP contribution in [0.25, 0.3) is 0 Å². The monoisotopic (exact) mass is 388 g/mol. The van der Waals surface area contributed by atoms with Gasteiger partial charge < -0.3 is 10.2 Å². The third kappa shape index (κ3) is 4.29. The first-order valence-electron chi connectivity index (χ1n) is 10.5. The van der Waals surface area contributed by atoms with E-state index >= 15 is 0 Å². The highest BCUT2D eigenvalue weighted by Crippen LogP contribution is 2.27. The molecule has 1 aromatic carbocycles. The Morgan fingerprint density at radius 1 is 1.00 bits per heavy atom. The molecule has 2 N–H and O–H groups in total. The van der Waals surface area contributed by atoms with E-state index in [0.717, 1.165) is 26.2 Å². The Morgan fingerprint density at radius 2 is 1.75 bits per heavy atom. The average molecular weight is 388 g/mol. The van der Waals surface area contributed by atoms with E-state index in [-0.39, 0.29) is 17.6 Å². The molecule has 2 heterocycles. The fraction of sp³-hybridized carbons (Fsp3) is 0.619. The summed E-state index contributed by atoms with van der Waals surface area (Å²) in [6.07, 6.45) is 7.36. The second kappa shape index (κ2) is 8.47. The Hall–Kier alpha value is -2.15. The number of nitrogens with zero attached hydrogens (tertiary/aromatic N) is 2. The SMILES string of the molecule is O=C1CCC(Nc2ccc(N3CCN(C4CCCCC4)CC3)c(F)c2)C(=O)N1. The quantitative estimate of drug-likeness (QED) is 0.776. The number of hydrogen-bond donors (Lipinski definition) is 2. The van der Waals surface area contributed by atoms with Crippen molar-refractivity contribution in [2.45, 2.75) is 57.0 Å². The lowest BCUT2D eigenvalue weighted by Crippen LogP contribution is -2.51. The third-order valence-electron chi connectivity index (χ3n) is 6.27. The van der Waals surface area contributed by atoms with Crippen molar-refractivity contribution in [1.82, 2.24) is 10.2 Å². The predicted molar refractivity (Wildman–Crippen MR) is 107 cm³/mol. The Kier molecular flexibility index (Phi) is 5.80.